The molecule has 0 unspecified atom stereocenters. The summed E-state index contributed by atoms with van der Waals surface area (Å²) >= 11 is 1.75. The quantitative estimate of drug-likeness (QED) is 0.610. The number of thioether (sulfide) groups is 1. The van der Waals surface area contributed by atoms with E-state index in [4.69, 9.17) is 5.84 Å². The van der Waals surface area contributed by atoms with Gasteiger partial charge in [-0.1, -0.05) is 24.6 Å². The highest BCUT2D eigenvalue weighted by Gasteiger charge is 2.19. The van der Waals surface area contributed by atoms with E-state index in [2.05, 4.69) is 39.1 Å². The third-order valence-electron chi connectivity index (χ3n) is 3.35. The van der Waals surface area contributed by atoms with E-state index in [-0.39, 0.29) is 0 Å². The van der Waals surface area contributed by atoms with Gasteiger partial charge in [0.05, 0.1) is 0 Å². The summed E-state index contributed by atoms with van der Waals surface area (Å²) in [7, 11) is 0. The van der Waals surface area contributed by atoms with Gasteiger partial charge in [0.2, 0.25) is 11.9 Å². The smallest absolute Gasteiger partial charge is 0.242 e. The molecule has 1 aliphatic carbocycles. The fraction of sp³-hybridized carbons (Fsp3) is 0.750. The summed E-state index contributed by atoms with van der Waals surface area (Å²) in [5, 5.41) is 1.41. The Bertz CT molecular complexity index is 403. The number of nitrogen functional groups attached to an aromatic ring is 1. The van der Waals surface area contributed by atoms with E-state index in [0.717, 1.165) is 18.2 Å². The third kappa shape index (κ3) is 3.70. The van der Waals surface area contributed by atoms with Crippen molar-refractivity contribution in [2.24, 2.45) is 5.84 Å². The average molecular weight is 282 g/mol. The Morgan fingerprint density at radius 3 is 2.47 bits per heavy atom. The second-order valence-electron chi connectivity index (χ2n) is 4.58. The van der Waals surface area contributed by atoms with Crippen molar-refractivity contribution >= 4 is 23.7 Å². The van der Waals surface area contributed by atoms with Gasteiger partial charge in [-0.3, -0.25) is 5.43 Å². The molecule has 1 aliphatic rings. The summed E-state index contributed by atoms with van der Waals surface area (Å²) < 4.78 is 0. The normalized spacial score (nSPS) is 15.7. The second kappa shape index (κ2) is 6.91. The lowest BCUT2D eigenvalue weighted by atomic mass is 10.4. The summed E-state index contributed by atoms with van der Waals surface area (Å²) in [5.74, 6) is 6.59. The average Bonchev–Trinajstić information content (AvgIpc) is 2.93. The van der Waals surface area contributed by atoms with Crippen molar-refractivity contribution < 1.29 is 0 Å². The maximum Gasteiger partial charge on any atom is 0.242 e. The molecule has 1 fully saturated rings. The molecule has 6 nitrogen and oxygen atoms in total. The van der Waals surface area contributed by atoms with Crippen LogP contribution in [0.25, 0.3) is 0 Å². The molecule has 19 heavy (non-hydrogen) atoms. The molecule has 0 aromatic carbocycles. The lowest BCUT2D eigenvalue weighted by Gasteiger charge is -2.19. The molecule has 1 saturated carbocycles. The summed E-state index contributed by atoms with van der Waals surface area (Å²) in [5.41, 5.74) is 2.53. The molecule has 1 heterocycles. The van der Waals surface area contributed by atoms with Crippen molar-refractivity contribution in [2.45, 2.75) is 49.9 Å². The van der Waals surface area contributed by atoms with Gasteiger partial charge in [0.25, 0.3) is 0 Å². The molecule has 0 radical (unpaired) electrons. The lowest BCUT2D eigenvalue weighted by Crippen LogP contribution is -2.25. The van der Waals surface area contributed by atoms with Crippen LogP contribution in [0.15, 0.2) is 5.16 Å². The van der Waals surface area contributed by atoms with Crippen LogP contribution in [-0.4, -0.2) is 33.3 Å². The monoisotopic (exact) mass is 282 g/mol. The van der Waals surface area contributed by atoms with Crippen molar-refractivity contribution in [2.75, 3.05) is 23.4 Å². The molecule has 2 rings (SSSR count). The summed E-state index contributed by atoms with van der Waals surface area (Å²) in [4.78, 5) is 15.3. The minimum Gasteiger partial charge on any atom is -0.341 e. The first-order chi connectivity index (χ1) is 9.26. The van der Waals surface area contributed by atoms with Crippen LogP contribution in [-0.2, 0) is 0 Å². The molecule has 0 bridgehead atoms. The van der Waals surface area contributed by atoms with Crippen molar-refractivity contribution in [3.8, 4) is 0 Å². The Hall–Kier alpha value is -1.08. The number of nitrogens with zero attached hydrogens (tertiary/aromatic N) is 4. The molecule has 106 valence electrons. The van der Waals surface area contributed by atoms with Crippen LogP contribution in [0.3, 0.4) is 0 Å². The molecule has 1 aromatic heterocycles. The predicted molar refractivity (Wildman–Crippen MR) is 79.3 cm³/mol. The number of aromatic nitrogens is 3. The Balaban J connectivity index is 2.19. The number of anilines is 2. The van der Waals surface area contributed by atoms with Crippen LogP contribution >= 0.6 is 11.8 Å². The minimum atomic E-state index is 0.442. The van der Waals surface area contributed by atoms with Crippen molar-refractivity contribution in [1.29, 1.82) is 0 Å². The largest absolute Gasteiger partial charge is 0.341 e. The van der Waals surface area contributed by atoms with Gasteiger partial charge in [-0.2, -0.15) is 15.0 Å². The van der Waals surface area contributed by atoms with E-state index in [1.165, 1.54) is 25.7 Å². The van der Waals surface area contributed by atoms with E-state index < -0.39 is 0 Å². The maximum atomic E-state index is 5.45. The van der Waals surface area contributed by atoms with Gasteiger partial charge in [0, 0.05) is 18.3 Å². The van der Waals surface area contributed by atoms with Crippen LogP contribution in [0.5, 0.6) is 0 Å². The predicted octanol–water partition coefficient (Wildman–Crippen LogP) is 2.04. The molecule has 0 aliphatic heterocycles. The number of rotatable bonds is 6. The molecule has 0 spiro atoms. The first-order valence-electron chi connectivity index (χ1n) is 6.91. The third-order valence-corrected chi connectivity index (χ3v) is 4.55. The standard InChI is InChI=1S/C12H22N6S/c1-3-18(4-2)11-14-10(17-13)15-12(16-11)19-9-7-5-6-8-9/h9H,3-8,13H2,1-2H3,(H,14,15,16,17). The summed E-state index contributed by atoms with van der Waals surface area (Å²) in [6, 6.07) is 0. The molecule has 1 aromatic rings. The number of nitrogens with two attached hydrogens (primary N) is 1. The van der Waals surface area contributed by atoms with E-state index in [9.17, 15) is 0 Å². The highest BCUT2D eigenvalue weighted by atomic mass is 32.2. The molecule has 0 atom stereocenters. The fourth-order valence-corrected chi connectivity index (χ4v) is 3.41. The summed E-state index contributed by atoms with van der Waals surface area (Å²) in [6.07, 6.45) is 5.13. The first-order valence-corrected chi connectivity index (χ1v) is 7.79. The Morgan fingerprint density at radius 1 is 1.21 bits per heavy atom. The van der Waals surface area contributed by atoms with E-state index >= 15 is 0 Å². The highest BCUT2D eigenvalue weighted by molar-refractivity contribution is 7.99. The summed E-state index contributed by atoms with van der Waals surface area (Å²) in [6.45, 7) is 5.93. The molecular formula is C12H22N6S. The minimum absolute atomic E-state index is 0.442. The zero-order valence-corrected chi connectivity index (χ0v) is 12.4. The van der Waals surface area contributed by atoms with Crippen molar-refractivity contribution in [3.05, 3.63) is 0 Å². The van der Waals surface area contributed by atoms with Gasteiger partial charge in [0.15, 0.2) is 5.16 Å². The second-order valence-corrected chi connectivity index (χ2v) is 5.85. The fourth-order valence-electron chi connectivity index (χ4n) is 2.27. The van der Waals surface area contributed by atoms with E-state index in [0.29, 0.717) is 17.1 Å². The van der Waals surface area contributed by atoms with E-state index in [1.807, 2.05) is 0 Å². The van der Waals surface area contributed by atoms with Crippen LogP contribution in [0.1, 0.15) is 39.5 Å². The SMILES string of the molecule is CCN(CC)c1nc(NN)nc(SC2CCCC2)n1. The maximum absolute atomic E-state index is 5.45. The van der Waals surface area contributed by atoms with Gasteiger partial charge in [-0.05, 0) is 26.7 Å². The van der Waals surface area contributed by atoms with E-state index in [1.54, 1.807) is 11.8 Å². The molecular weight excluding hydrogens is 260 g/mol. The zero-order valence-electron chi connectivity index (χ0n) is 11.6. The van der Waals surface area contributed by atoms with Crippen LogP contribution in [0.2, 0.25) is 0 Å². The molecule has 0 amide bonds. The van der Waals surface area contributed by atoms with Crippen molar-refractivity contribution in [3.63, 3.8) is 0 Å². The Kier molecular flexibility index (Phi) is 5.21. The number of nitrogens with one attached hydrogen (secondary N) is 1. The molecule has 0 saturated heterocycles. The number of hydrazine groups is 1. The highest BCUT2D eigenvalue weighted by Crippen LogP contribution is 2.33. The van der Waals surface area contributed by atoms with Gasteiger partial charge >= 0.3 is 0 Å². The van der Waals surface area contributed by atoms with Crippen LogP contribution < -0.4 is 16.2 Å². The zero-order chi connectivity index (χ0) is 13.7. The van der Waals surface area contributed by atoms with Crippen LogP contribution in [0, 0.1) is 0 Å². The number of hydrogen-bond donors (Lipinski definition) is 2. The molecule has 7 heteroatoms. The van der Waals surface area contributed by atoms with Crippen LogP contribution in [0.4, 0.5) is 11.9 Å². The molecule has 3 N–H and O–H groups in total. The van der Waals surface area contributed by atoms with Gasteiger partial charge < -0.3 is 4.90 Å². The Labute approximate surface area is 118 Å². The van der Waals surface area contributed by atoms with Gasteiger partial charge in [-0.15, -0.1) is 0 Å². The topological polar surface area (TPSA) is 80.0 Å². The van der Waals surface area contributed by atoms with Crippen molar-refractivity contribution in [1.82, 2.24) is 15.0 Å². The lowest BCUT2D eigenvalue weighted by molar-refractivity contribution is 0.780. The number of hydrogen-bond acceptors (Lipinski definition) is 7. The first kappa shape index (κ1) is 14.3. The van der Waals surface area contributed by atoms with Gasteiger partial charge in [0.1, 0.15) is 0 Å². The van der Waals surface area contributed by atoms with Gasteiger partial charge in [-0.25, -0.2) is 5.84 Å². The Morgan fingerprint density at radius 2 is 1.89 bits per heavy atom.